The Morgan fingerprint density at radius 2 is 1.97 bits per heavy atom. The van der Waals surface area contributed by atoms with Crippen molar-refractivity contribution in [3.8, 4) is 0 Å². The van der Waals surface area contributed by atoms with Gasteiger partial charge in [0.2, 0.25) is 0 Å². The third-order valence-corrected chi connectivity index (χ3v) is 7.34. The molecule has 1 fully saturated rings. The molecule has 1 saturated carbocycles. The molecule has 2 aromatic carbocycles. The Bertz CT molecular complexity index is 1290. The van der Waals surface area contributed by atoms with Crippen molar-refractivity contribution in [3.63, 3.8) is 0 Å². The smallest absolute Gasteiger partial charge is 0.337 e. The minimum absolute atomic E-state index is 0.0154. The van der Waals surface area contributed by atoms with Gasteiger partial charge in [-0.3, -0.25) is 9.36 Å². The van der Waals surface area contributed by atoms with E-state index >= 15 is 0 Å². The number of hydrogen-bond donors (Lipinski definition) is 2. The van der Waals surface area contributed by atoms with Crippen LogP contribution in [0, 0.1) is 6.92 Å². The second-order valence-electron chi connectivity index (χ2n) is 9.62. The van der Waals surface area contributed by atoms with E-state index < -0.39 is 5.97 Å². The lowest BCUT2D eigenvalue weighted by Gasteiger charge is -2.23. The van der Waals surface area contributed by atoms with Crippen LogP contribution < -0.4 is 10.9 Å². The standard InChI is InChI=1S/C26H29N3O3/c1-15-12-19(17(3)27-21-9-5-4-8-18(21)24(31)32)22-20(13-15)23(30)29-16(2)14-26(25(29)28-22)10-6-7-11-26/h4-5,8-9,12-13,16-17,27H,6-7,10-11,14H2,1-3H3,(H,31,32)/t16-,17-/m1/s1. The Labute approximate surface area is 187 Å². The molecule has 3 aromatic rings. The van der Waals surface area contributed by atoms with Crippen LogP contribution in [0.25, 0.3) is 10.9 Å². The number of rotatable bonds is 4. The number of fused-ring (bicyclic) bond motifs is 3. The van der Waals surface area contributed by atoms with E-state index in [9.17, 15) is 14.7 Å². The minimum atomic E-state index is -0.972. The van der Waals surface area contributed by atoms with Crippen LogP contribution >= 0.6 is 0 Å². The molecule has 1 aliphatic carbocycles. The first kappa shape index (κ1) is 20.7. The number of carbonyl (C=O) groups is 1. The van der Waals surface area contributed by atoms with Crippen molar-refractivity contribution < 1.29 is 9.90 Å². The first-order valence-corrected chi connectivity index (χ1v) is 11.5. The molecule has 2 N–H and O–H groups in total. The highest BCUT2D eigenvalue weighted by Crippen LogP contribution is 2.50. The Morgan fingerprint density at radius 1 is 1.25 bits per heavy atom. The normalized spacial score (nSPS) is 19.9. The zero-order valence-electron chi connectivity index (χ0n) is 18.8. The van der Waals surface area contributed by atoms with Crippen molar-refractivity contribution in [2.45, 2.75) is 70.4 Å². The van der Waals surface area contributed by atoms with Crippen LogP contribution in [0.1, 0.15) is 85.3 Å². The maximum atomic E-state index is 13.6. The van der Waals surface area contributed by atoms with Crippen molar-refractivity contribution in [3.05, 3.63) is 69.3 Å². The Morgan fingerprint density at radius 3 is 2.69 bits per heavy atom. The van der Waals surface area contributed by atoms with Crippen LogP contribution in [0.4, 0.5) is 5.69 Å². The summed E-state index contributed by atoms with van der Waals surface area (Å²) >= 11 is 0. The number of carboxylic acid groups (broad SMARTS) is 1. The highest BCUT2D eigenvalue weighted by Gasteiger charge is 2.46. The van der Waals surface area contributed by atoms with E-state index in [0.717, 1.165) is 41.7 Å². The molecule has 2 heterocycles. The highest BCUT2D eigenvalue weighted by molar-refractivity contribution is 5.94. The number of anilines is 1. The van der Waals surface area contributed by atoms with Gasteiger partial charge in [-0.1, -0.05) is 31.0 Å². The number of nitrogens with zero attached hydrogens (tertiary/aromatic N) is 2. The van der Waals surface area contributed by atoms with Crippen molar-refractivity contribution in [1.82, 2.24) is 9.55 Å². The number of aromatic nitrogens is 2. The number of benzene rings is 2. The van der Waals surface area contributed by atoms with Gasteiger partial charge in [0.05, 0.1) is 22.5 Å². The van der Waals surface area contributed by atoms with E-state index in [1.807, 2.05) is 30.5 Å². The molecule has 0 radical (unpaired) electrons. The van der Waals surface area contributed by atoms with Gasteiger partial charge in [-0.15, -0.1) is 0 Å². The molecular weight excluding hydrogens is 402 g/mol. The zero-order valence-corrected chi connectivity index (χ0v) is 18.8. The number of aromatic carboxylic acids is 1. The molecule has 166 valence electrons. The van der Waals surface area contributed by atoms with E-state index in [1.54, 1.807) is 18.2 Å². The number of nitrogens with one attached hydrogen (secondary N) is 1. The summed E-state index contributed by atoms with van der Waals surface area (Å²) in [6, 6.07) is 10.8. The van der Waals surface area contributed by atoms with Gasteiger partial charge in [0.25, 0.3) is 5.56 Å². The summed E-state index contributed by atoms with van der Waals surface area (Å²) in [7, 11) is 0. The number of aryl methyl sites for hydroxylation is 1. The van der Waals surface area contributed by atoms with Crippen LogP contribution in [0.2, 0.25) is 0 Å². The second-order valence-corrected chi connectivity index (χ2v) is 9.62. The summed E-state index contributed by atoms with van der Waals surface area (Å²) < 4.78 is 1.94. The summed E-state index contributed by atoms with van der Waals surface area (Å²) in [6.45, 7) is 6.11. The molecule has 6 nitrogen and oxygen atoms in total. The minimum Gasteiger partial charge on any atom is -0.478 e. The topological polar surface area (TPSA) is 84.2 Å². The van der Waals surface area contributed by atoms with Gasteiger partial charge < -0.3 is 10.4 Å². The van der Waals surface area contributed by atoms with E-state index in [0.29, 0.717) is 11.1 Å². The fourth-order valence-corrected chi connectivity index (χ4v) is 5.93. The van der Waals surface area contributed by atoms with Crippen molar-refractivity contribution in [1.29, 1.82) is 0 Å². The molecular formula is C26H29N3O3. The quantitative estimate of drug-likeness (QED) is 0.581. The van der Waals surface area contributed by atoms with Gasteiger partial charge in [-0.25, -0.2) is 9.78 Å². The summed E-state index contributed by atoms with van der Waals surface area (Å²) in [4.78, 5) is 30.5. The third-order valence-electron chi connectivity index (χ3n) is 7.34. The fourth-order valence-electron chi connectivity index (χ4n) is 5.93. The summed E-state index contributed by atoms with van der Waals surface area (Å²) in [6.07, 6.45) is 5.54. The molecule has 0 amide bonds. The van der Waals surface area contributed by atoms with Crippen LogP contribution in [-0.4, -0.2) is 20.6 Å². The summed E-state index contributed by atoms with van der Waals surface area (Å²) in [5.41, 5.74) is 3.50. The van der Waals surface area contributed by atoms with Gasteiger partial charge in [0.1, 0.15) is 5.82 Å². The number of carboxylic acids is 1. The molecule has 0 bridgehead atoms. The van der Waals surface area contributed by atoms with Gasteiger partial charge in [-0.2, -0.15) is 0 Å². The van der Waals surface area contributed by atoms with Gasteiger partial charge in [0.15, 0.2) is 0 Å². The van der Waals surface area contributed by atoms with Crippen molar-refractivity contribution >= 4 is 22.6 Å². The van der Waals surface area contributed by atoms with Gasteiger partial charge in [0, 0.05) is 22.7 Å². The predicted molar refractivity (Wildman–Crippen MR) is 126 cm³/mol. The van der Waals surface area contributed by atoms with Crippen LogP contribution in [0.5, 0.6) is 0 Å². The van der Waals surface area contributed by atoms with Crippen LogP contribution in [-0.2, 0) is 5.41 Å². The van der Waals surface area contributed by atoms with Crippen LogP contribution in [0.3, 0.4) is 0 Å². The average Bonchev–Trinajstić information content (AvgIpc) is 3.33. The Hall–Kier alpha value is -3.15. The molecule has 32 heavy (non-hydrogen) atoms. The van der Waals surface area contributed by atoms with Crippen molar-refractivity contribution in [2.75, 3.05) is 5.32 Å². The molecule has 0 saturated heterocycles. The molecule has 2 atom stereocenters. The average molecular weight is 432 g/mol. The number of para-hydroxylation sites is 1. The molecule has 2 aliphatic rings. The number of hydrogen-bond acceptors (Lipinski definition) is 4. The van der Waals surface area contributed by atoms with Gasteiger partial charge in [-0.05, 0) is 63.8 Å². The van der Waals surface area contributed by atoms with E-state index in [1.165, 1.54) is 12.8 Å². The SMILES string of the molecule is Cc1cc([C@@H](C)Nc2ccccc2C(=O)O)c2nc3n(c(=O)c2c1)[C@H](C)CC31CCCC1. The predicted octanol–water partition coefficient (Wildman–Crippen LogP) is 5.35. The van der Waals surface area contributed by atoms with Crippen LogP contribution in [0.15, 0.2) is 41.2 Å². The van der Waals surface area contributed by atoms with E-state index in [4.69, 9.17) is 4.98 Å². The van der Waals surface area contributed by atoms with Gasteiger partial charge >= 0.3 is 5.97 Å². The first-order chi connectivity index (χ1) is 15.3. The zero-order chi connectivity index (χ0) is 22.6. The maximum Gasteiger partial charge on any atom is 0.337 e. The molecule has 6 heteroatoms. The fraction of sp³-hybridized carbons (Fsp3) is 0.423. The molecule has 0 unspecified atom stereocenters. The van der Waals surface area contributed by atoms with Crippen molar-refractivity contribution in [2.24, 2.45) is 0 Å². The monoisotopic (exact) mass is 431 g/mol. The Kier molecular flexibility index (Phi) is 4.84. The maximum absolute atomic E-state index is 13.6. The third kappa shape index (κ3) is 3.12. The molecule has 1 aromatic heterocycles. The summed E-state index contributed by atoms with van der Waals surface area (Å²) in [5, 5.41) is 13.6. The largest absolute Gasteiger partial charge is 0.478 e. The molecule has 1 aliphatic heterocycles. The summed E-state index contributed by atoms with van der Waals surface area (Å²) in [5.74, 6) is -0.0241. The Balaban J connectivity index is 1.67. The van der Waals surface area contributed by atoms with E-state index in [2.05, 4.69) is 18.3 Å². The molecule has 1 spiro atoms. The lowest BCUT2D eigenvalue weighted by atomic mass is 9.82. The first-order valence-electron chi connectivity index (χ1n) is 11.5. The van der Waals surface area contributed by atoms with E-state index in [-0.39, 0.29) is 28.6 Å². The second kappa shape index (κ2) is 7.47. The highest BCUT2D eigenvalue weighted by atomic mass is 16.4. The lowest BCUT2D eigenvalue weighted by molar-refractivity contribution is 0.0698. The lowest BCUT2D eigenvalue weighted by Crippen LogP contribution is -2.27. The molecule has 5 rings (SSSR count).